The van der Waals surface area contributed by atoms with E-state index >= 15 is 0 Å². The Bertz CT molecular complexity index is 669. The van der Waals surface area contributed by atoms with Gasteiger partial charge in [0.25, 0.3) is 0 Å². The summed E-state index contributed by atoms with van der Waals surface area (Å²) in [4.78, 5) is 5.48. The second kappa shape index (κ2) is 6.04. The first-order valence-electron chi connectivity index (χ1n) is 8.52. The molecule has 4 nitrogen and oxygen atoms in total. The number of aryl methyl sites for hydroxylation is 2. The van der Waals surface area contributed by atoms with Gasteiger partial charge in [-0.1, -0.05) is 0 Å². The molecule has 1 spiro atoms. The van der Waals surface area contributed by atoms with Crippen LogP contribution in [0.25, 0.3) is 0 Å². The van der Waals surface area contributed by atoms with Crippen LogP contribution in [0.15, 0.2) is 24.5 Å². The average molecular weight is 331 g/mol. The highest BCUT2D eigenvalue weighted by Crippen LogP contribution is 2.42. The molecule has 0 bridgehead atoms. The van der Waals surface area contributed by atoms with E-state index in [1.165, 1.54) is 15.3 Å². The molecule has 23 heavy (non-hydrogen) atoms. The number of rotatable bonds is 3. The third-order valence-corrected chi connectivity index (χ3v) is 6.33. The van der Waals surface area contributed by atoms with E-state index < -0.39 is 0 Å². The Morgan fingerprint density at radius 2 is 2.17 bits per heavy atom. The molecule has 0 radical (unpaired) electrons. The van der Waals surface area contributed by atoms with Gasteiger partial charge >= 0.3 is 0 Å². The zero-order valence-corrected chi connectivity index (χ0v) is 14.8. The largest absolute Gasteiger partial charge is 0.374 e. The fourth-order valence-electron chi connectivity index (χ4n) is 3.97. The lowest BCUT2D eigenvalue weighted by Gasteiger charge is -2.38. The molecule has 2 saturated heterocycles. The lowest BCUT2D eigenvalue weighted by Crippen LogP contribution is -2.43. The first kappa shape index (κ1) is 15.4. The maximum Gasteiger partial charge on any atom is 0.0713 e. The van der Waals surface area contributed by atoms with E-state index in [9.17, 15) is 0 Å². The molecule has 5 heteroatoms. The minimum absolute atomic E-state index is 0.113. The van der Waals surface area contributed by atoms with Gasteiger partial charge in [0.15, 0.2) is 0 Å². The topological polar surface area (TPSA) is 30.3 Å². The van der Waals surface area contributed by atoms with Gasteiger partial charge in [-0.15, -0.1) is 11.3 Å². The van der Waals surface area contributed by atoms with Crippen molar-refractivity contribution in [3.8, 4) is 0 Å². The van der Waals surface area contributed by atoms with Gasteiger partial charge in [0, 0.05) is 48.6 Å². The van der Waals surface area contributed by atoms with Crippen molar-refractivity contribution in [3.63, 3.8) is 0 Å². The number of nitrogens with zero attached hydrogens (tertiary/aromatic N) is 3. The summed E-state index contributed by atoms with van der Waals surface area (Å²) in [5.74, 6) is 0.523. The summed E-state index contributed by atoms with van der Waals surface area (Å²) in [6.07, 6.45) is 7.62. The molecular weight excluding hydrogens is 306 g/mol. The number of likely N-dealkylation sites (tertiary alicyclic amines) is 1. The molecule has 1 atom stereocenters. The SMILES string of the molecule is Cc1ccc(CN2CCC3(CC2)CC(c2cnn(C)c2)CO3)s1. The summed E-state index contributed by atoms with van der Waals surface area (Å²) in [6.45, 7) is 6.44. The number of thiophene rings is 1. The van der Waals surface area contributed by atoms with Crippen molar-refractivity contribution in [2.24, 2.45) is 7.05 Å². The molecule has 0 aliphatic carbocycles. The van der Waals surface area contributed by atoms with Crippen LogP contribution in [-0.2, 0) is 18.3 Å². The predicted octanol–water partition coefficient (Wildman–Crippen LogP) is 3.33. The van der Waals surface area contributed by atoms with E-state index in [0.29, 0.717) is 5.92 Å². The van der Waals surface area contributed by atoms with Crippen LogP contribution in [0.4, 0.5) is 0 Å². The van der Waals surface area contributed by atoms with Crippen LogP contribution < -0.4 is 0 Å². The molecule has 2 aliphatic heterocycles. The standard InChI is InChI=1S/C18H25N3OS/c1-14-3-4-17(23-14)12-21-7-5-18(6-8-21)9-15(13-22-18)16-10-19-20(2)11-16/h3-4,10-11,15H,5-9,12-13H2,1-2H3. The maximum atomic E-state index is 6.30. The minimum atomic E-state index is 0.113. The molecule has 0 aromatic carbocycles. The van der Waals surface area contributed by atoms with Crippen LogP contribution in [0.3, 0.4) is 0 Å². The lowest BCUT2D eigenvalue weighted by atomic mass is 9.84. The van der Waals surface area contributed by atoms with Gasteiger partial charge in [0.1, 0.15) is 0 Å². The molecule has 4 rings (SSSR count). The third kappa shape index (κ3) is 3.23. The molecule has 2 aromatic rings. The molecule has 2 aromatic heterocycles. The molecule has 4 heterocycles. The van der Waals surface area contributed by atoms with Crippen molar-refractivity contribution in [1.82, 2.24) is 14.7 Å². The molecule has 124 valence electrons. The Balaban J connectivity index is 1.34. The average Bonchev–Trinajstić information content (AvgIpc) is 3.24. The molecule has 2 fully saturated rings. The Labute approximate surface area is 142 Å². The van der Waals surface area contributed by atoms with Gasteiger partial charge in [0.2, 0.25) is 0 Å². The summed E-state index contributed by atoms with van der Waals surface area (Å²) >= 11 is 1.92. The highest BCUT2D eigenvalue weighted by Gasteiger charge is 2.43. The van der Waals surface area contributed by atoms with Crippen LogP contribution in [0.2, 0.25) is 0 Å². The third-order valence-electron chi connectivity index (χ3n) is 5.35. The monoisotopic (exact) mass is 331 g/mol. The molecule has 0 N–H and O–H groups in total. The van der Waals surface area contributed by atoms with Crippen LogP contribution in [-0.4, -0.2) is 40.0 Å². The van der Waals surface area contributed by atoms with Gasteiger partial charge in [-0.3, -0.25) is 9.58 Å². The van der Waals surface area contributed by atoms with Crippen molar-refractivity contribution in [1.29, 1.82) is 0 Å². The van der Waals surface area contributed by atoms with E-state index in [2.05, 4.69) is 35.3 Å². The Morgan fingerprint density at radius 3 is 2.83 bits per heavy atom. The van der Waals surface area contributed by atoms with E-state index in [-0.39, 0.29) is 5.60 Å². The Morgan fingerprint density at radius 1 is 1.35 bits per heavy atom. The van der Waals surface area contributed by atoms with Crippen molar-refractivity contribution in [2.75, 3.05) is 19.7 Å². The number of aromatic nitrogens is 2. The van der Waals surface area contributed by atoms with Gasteiger partial charge in [-0.25, -0.2) is 0 Å². The van der Waals surface area contributed by atoms with Gasteiger partial charge in [-0.2, -0.15) is 5.10 Å². The van der Waals surface area contributed by atoms with Crippen LogP contribution in [0, 0.1) is 6.92 Å². The molecule has 1 unspecified atom stereocenters. The number of piperidine rings is 1. The van der Waals surface area contributed by atoms with Crippen molar-refractivity contribution >= 4 is 11.3 Å². The number of hydrogen-bond donors (Lipinski definition) is 0. The minimum Gasteiger partial charge on any atom is -0.374 e. The second-order valence-corrected chi connectivity index (χ2v) is 8.50. The molecular formula is C18H25N3OS. The van der Waals surface area contributed by atoms with Crippen molar-refractivity contribution in [3.05, 3.63) is 39.8 Å². The van der Waals surface area contributed by atoms with Crippen molar-refractivity contribution in [2.45, 2.75) is 44.2 Å². The summed E-state index contributed by atoms with van der Waals surface area (Å²) in [7, 11) is 1.99. The van der Waals surface area contributed by atoms with E-state index in [4.69, 9.17) is 4.74 Å². The quantitative estimate of drug-likeness (QED) is 0.864. The van der Waals surface area contributed by atoms with Gasteiger partial charge in [0.05, 0.1) is 18.4 Å². The first-order valence-corrected chi connectivity index (χ1v) is 9.34. The normalized spacial score (nSPS) is 24.5. The summed E-state index contributed by atoms with van der Waals surface area (Å²) in [6, 6.07) is 4.50. The Kier molecular flexibility index (Phi) is 4.03. The fraction of sp³-hybridized carbons (Fsp3) is 0.611. The highest BCUT2D eigenvalue weighted by molar-refractivity contribution is 7.11. The molecule has 0 saturated carbocycles. The maximum absolute atomic E-state index is 6.30. The summed E-state index contributed by atoms with van der Waals surface area (Å²) in [5, 5.41) is 4.31. The number of hydrogen-bond acceptors (Lipinski definition) is 4. The summed E-state index contributed by atoms with van der Waals surface area (Å²) < 4.78 is 8.19. The van der Waals surface area contributed by atoms with Crippen LogP contribution >= 0.6 is 11.3 Å². The Hall–Kier alpha value is -1.17. The molecule has 0 amide bonds. The first-order chi connectivity index (χ1) is 11.1. The number of ether oxygens (including phenoxy) is 1. The van der Waals surface area contributed by atoms with E-state index in [0.717, 1.165) is 45.5 Å². The fourth-order valence-corrected chi connectivity index (χ4v) is 4.90. The van der Waals surface area contributed by atoms with Crippen LogP contribution in [0.5, 0.6) is 0 Å². The summed E-state index contributed by atoms with van der Waals surface area (Å²) in [5.41, 5.74) is 1.45. The zero-order chi connectivity index (χ0) is 15.9. The van der Waals surface area contributed by atoms with Gasteiger partial charge in [-0.05, 0) is 43.9 Å². The van der Waals surface area contributed by atoms with Crippen molar-refractivity contribution < 1.29 is 4.74 Å². The molecule has 2 aliphatic rings. The zero-order valence-electron chi connectivity index (χ0n) is 14.0. The highest BCUT2D eigenvalue weighted by atomic mass is 32.1. The van der Waals surface area contributed by atoms with Gasteiger partial charge < -0.3 is 4.74 Å². The van der Waals surface area contributed by atoms with E-state index in [1.54, 1.807) is 0 Å². The second-order valence-electron chi connectivity index (χ2n) is 7.13. The smallest absolute Gasteiger partial charge is 0.0713 e. The van der Waals surface area contributed by atoms with Crippen LogP contribution in [0.1, 0.15) is 40.5 Å². The lowest BCUT2D eigenvalue weighted by molar-refractivity contribution is -0.0447. The van der Waals surface area contributed by atoms with E-state index in [1.807, 2.05) is 29.3 Å². The predicted molar refractivity (Wildman–Crippen MR) is 92.8 cm³/mol.